The van der Waals surface area contributed by atoms with E-state index in [9.17, 15) is 18.0 Å². The Morgan fingerprint density at radius 3 is 2.62 bits per heavy atom. The van der Waals surface area contributed by atoms with E-state index >= 15 is 0 Å². The Hall–Kier alpha value is -3.69. The number of hydrogen-bond donors (Lipinski definition) is 1. The molecule has 34 heavy (non-hydrogen) atoms. The highest BCUT2D eigenvalue weighted by molar-refractivity contribution is 7.90. The second-order valence-electron chi connectivity index (χ2n) is 7.87. The quantitative estimate of drug-likeness (QED) is 0.435. The maximum atomic E-state index is 12.8. The van der Waals surface area contributed by atoms with Crippen LogP contribution in [-0.2, 0) is 19.6 Å². The third-order valence-electron chi connectivity index (χ3n) is 5.54. The van der Waals surface area contributed by atoms with Crippen LogP contribution in [0.4, 0.5) is 11.4 Å². The molecule has 1 fully saturated rings. The number of amides is 1. The largest absolute Gasteiger partial charge is 0.426 e. The molecule has 10 heteroatoms. The second-order valence-corrected chi connectivity index (χ2v) is 9.88. The first-order valence-corrected chi connectivity index (χ1v) is 12.2. The van der Waals surface area contributed by atoms with Gasteiger partial charge in [0.05, 0.1) is 5.92 Å². The van der Waals surface area contributed by atoms with Crippen molar-refractivity contribution in [3.05, 3.63) is 83.4 Å². The van der Waals surface area contributed by atoms with Crippen LogP contribution in [0.5, 0.6) is 5.75 Å². The number of hydrogen-bond acceptors (Lipinski definition) is 6. The number of carbonyl (C=O) groups is 2. The molecule has 0 aromatic heterocycles. The van der Waals surface area contributed by atoms with Crippen molar-refractivity contribution in [3.63, 3.8) is 0 Å². The molecule has 2 aliphatic rings. The normalized spacial score (nSPS) is 18.4. The minimum atomic E-state index is -3.75. The average molecular weight is 496 g/mol. The predicted molar refractivity (Wildman–Crippen MR) is 128 cm³/mol. The van der Waals surface area contributed by atoms with E-state index in [-0.39, 0.29) is 35.4 Å². The summed E-state index contributed by atoms with van der Waals surface area (Å²) in [5.41, 5.74) is 1.64. The van der Waals surface area contributed by atoms with E-state index in [2.05, 4.69) is 9.71 Å². The van der Waals surface area contributed by atoms with Crippen LogP contribution in [0.15, 0.2) is 82.1 Å². The van der Waals surface area contributed by atoms with Crippen LogP contribution in [0.3, 0.4) is 0 Å². The third-order valence-corrected chi connectivity index (χ3v) is 7.13. The smallest absolute Gasteiger partial charge is 0.316 e. The van der Waals surface area contributed by atoms with Crippen molar-refractivity contribution in [3.8, 4) is 5.75 Å². The summed E-state index contributed by atoms with van der Waals surface area (Å²) in [6.07, 6.45) is 0.0465. The number of fused-ring (bicyclic) bond motifs is 1. The fraction of sp³-hybridized carbons (Fsp3) is 0.125. The van der Waals surface area contributed by atoms with E-state index in [1.54, 1.807) is 66.7 Å². The number of nitrogens with zero attached hydrogens (tertiary/aromatic N) is 2. The zero-order valence-corrected chi connectivity index (χ0v) is 19.2. The molecule has 1 N–H and O–H groups in total. The lowest BCUT2D eigenvalue weighted by molar-refractivity contribution is -0.139. The van der Waals surface area contributed by atoms with Gasteiger partial charge in [0.15, 0.2) is 5.84 Å². The van der Waals surface area contributed by atoms with E-state index in [4.69, 9.17) is 16.3 Å². The average Bonchev–Trinajstić information content (AvgIpc) is 3.32. The maximum Gasteiger partial charge on any atom is 0.316 e. The van der Waals surface area contributed by atoms with Gasteiger partial charge in [0, 0.05) is 41.0 Å². The molecule has 2 aliphatic heterocycles. The third kappa shape index (κ3) is 4.27. The topological polar surface area (TPSA) is 105 Å². The van der Waals surface area contributed by atoms with Crippen LogP contribution in [0.25, 0.3) is 0 Å². The van der Waals surface area contributed by atoms with Gasteiger partial charge in [0.1, 0.15) is 10.6 Å². The summed E-state index contributed by atoms with van der Waals surface area (Å²) >= 11 is 5.91. The molecule has 0 aliphatic carbocycles. The predicted octanol–water partition coefficient (Wildman–Crippen LogP) is 3.86. The molecule has 2 heterocycles. The molecule has 0 spiro atoms. The zero-order chi connectivity index (χ0) is 23.9. The SMILES string of the molecule is O=C(Oc1cccc(NC2=NS(=O)(=O)c3ccccc32)c1)[C@H]1CC(=O)N(c2ccc(Cl)cc2)C1. The number of carbonyl (C=O) groups excluding carboxylic acids is 2. The molecule has 1 atom stereocenters. The minimum absolute atomic E-state index is 0.0465. The molecule has 0 radical (unpaired) electrons. The van der Waals surface area contributed by atoms with Gasteiger partial charge < -0.3 is 15.0 Å². The Bertz CT molecular complexity index is 1440. The molecule has 8 nitrogen and oxygen atoms in total. The van der Waals surface area contributed by atoms with Crippen molar-refractivity contribution in [2.75, 3.05) is 16.8 Å². The lowest BCUT2D eigenvalue weighted by Gasteiger charge is -2.16. The standard InChI is InChI=1S/C24H18ClN3O5S/c25-16-8-10-18(11-9-16)28-14-15(12-22(28)29)24(30)33-19-5-3-4-17(13-19)26-23-20-6-1-2-7-21(20)34(31,32)27-23/h1-11,13,15H,12,14H2,(H,26,27)/t15-/m0/s1. The van der Waals surface area contributed by atoms with Gasteiger partial charge in [0.2, 0.25) is 5.91 Å². The molecule has 3 aromatic rings. The van der Waals surface area contributed by atoms with Gasteiger partial charge in [-0.15, -0.1) is 4.40 Å². The molecule has 0 unspecified atom stereocenters. The number of amidine groups is 1. The Morgan fingerprint density at radius 1 is 1.06 bits per heavy atom. The van der Waals surface area contributed by atoms with Crippen LogP contribution in [0, 0.1) is 5.92 Å². The number of ether oxygens (including phenoxy) is 1. The first kappa shape index (κ1) is 22.1. The lowest BCUT2D eigenvalue weighted by Crippen LogP contribution is -2.27. The van der Waals surface area contributed by atoms with Gasteiger partial charge in [0.25, 0.3) is 10.0 Å². The summed E-state index contributed by atoms with van der Waals surface area (Å²) in [7, 11) is -3.75. The first-order chi connectivity index (χ1) is 16.3. The van der Waals surface area contributed by atoms with Crippen LogP contribution in [-0.4, -0.2) is 32.7 Å². The van der Waals surface area contributed by atoms with Gasteiger partial charge in [-0.1, -0.05) is 29.8 Å². The van der Waals surface area contributed by atoms with E-state index < -0.39 is 21.9 Å². The van der Waals surface area contributed by atoms with Crippen LogP contribution < -0.4 is 15.0 Å². The van der Waals surface area contributed by atoms with Crippen LogP contribution in [0.1, 0.15) is 12.0 Å². The Balaban J connectivity index is 1.28. The molecular formula is C24H18ClN3O5S. The summed E-state index contributed by atoms with van der Waals surface area (Å²) in [5, 5.41) is 3.54. The van der Waals surface area contributed by atoms with E-state index in [1.165, 1.54) is 11.0 Å². The molecule has 172 valence electrons. The fourth-order valence-corrected chi connectivity index (χ4v) is 5.21. The fourth-order valence-electron chi connectivity index (χ4n) is 3.91. The van der Waals surface area contributed by atoms with Crippen molar-refractivity contribution in [2.45, 2.75) is 11.3 Å². The molecular weight excluding hydrogens is 478 g/mol. The zero-order valence-electron chi connectivity index (χ0n) is 17.6. The van der Waals surface area contributed by atoms with Gasteiger partial charge in [-0.05, 0) is 48.5 Å². The molecule has 0 bridgehead atoms. The number of halogens is 1. The summed E-state index contributed by atoms with van der Waals surface area (Å²) in [4.78, 5) is 26.9. The molecule has 1 saturated heterocycles. The number of sulfonamides is 1. The van der Waals surface area contributed by atoms with Gasteiger partial charge in [-0.3, -0.25) is 9.59 Å². The number of anilines is 2. The molecule has 3 aromatic carbocycles. The molecule has 0 saturated carbocycles. The summed E-state index contributed by atoms with van der Waals surface area (Å²) in [6, 6.07) is 19.9. The van der Waals surface area contributed by atoms with E-state index in [0.717, 1.165) is 0 Å². The highest BCUT2D eigenvalue weighted by atomic mass is 35.5. The summed E-state index contributed by atoms with van der Waals surface area (Å²) in [5.74, 6) is -0.843. The number of rotatable bonds is 4. The number of benzene rings is 3. The number of esters is 1. The highest BCUT2D eigenvalue weighted by Gasteiger charge is 2.36. The van der Waals surface area contributed by atoms with Crippen molar-refractivity contribution in [1.29, 1.82) is 0 Å². The Kier molecular flexibility index (Phi) is 5.59. The second kappa shape index (κ2) is 8.58. The number of nitrogens with one attached hydrogen (secondary N) is 1. The van der Waals surface area contributed by atoms with Gasteiger partial charge in [-0.2, -0.15) is 8.42 Å². The summed E-state index contributed by atoms with van der Waals surface area (Å²) < 4.78 is 33.8. The monoisotopic (exact) mass is 495 g/mol. The first-order valence-electron chi connectivity index (χ1n) is 10.4. The van der Waals surface area contributed by atoms with Crippen LogP contribution in [0.2, 0.25) is 5.02 Å². The van der Waals surface area contributed by atoms with Crippen molar-refractivity contribution in [2.24, 2.45) is 10.3 Å². The van der Waals surface area contributed by atoms with Gasteiger partial charge in [-0.25, -0.2) is 0 Å². The Morgan fingerprint density at radius 2 is 1.82 bits per heavy atom. The van der Waals surface area contributed by atoms with E-state index in [1.807, 2.05) is 0 Å². The van der Waals surface area contributed by atoms with Gasteiger partial charge >= 0.3 is 5.97 Å². The maximum absolute atomic E-state index is 12.8. The lowest BCUT2D eigenvalue weighted by atomic mass is 10.1. The highest BCUT2D eigenvalue weighted by Crippen LogP contribution is 2.29. The van der Waals surface area contributed by atoms with Crippen molar-refractivity contribution >= 4 is 50.7 Å². The van der Waals surface area contributed by atoms with Crippen molar-refractivity contribution < 1.29 is 22.7 Å². The summed E-state index contributed by atoms with van der Waals surface area (Å²) in [6.45, 7) is 0.211. The molecule has 5 rings (SSSR count). The molecule has 1 amide bonds. The Labute approximate surface area is 200 Å². The minimum Gasteiger partial charge on any atom is -0.426 e. The van der Waals surface area contributed by atoms with Crippen LogP contribution >= 0.6 is 11.6 Å². The van der Waals surface area contributed by atoms with Crippen molar-refractivity contribution in [1.82, 2.24) is 0 Å². The van der Waals surface area contributed by atoms with E-state index in [0.29, 0.717) is 22.0 Å².